The first-order valence-corrected chi connectivity index (χ1v) is 7.73. The van der Waals surface area contributed by atoms with Gasteiger partial charge in [0, 0.05) is 6.61 Å². The molecule has 0 aliphatic heterocycles. The van der Waals surface area contributed by atoms with Gasteiger partial charge in [-0.2, -0.15) is 0 Å². The molecule has 0 fully saturated rings. The maximum atomic E-state index is 5.77. The number of nitrogens with one attached hydrogen (secondary N) is 1. The van der Waals surface area contributed by atoms with Crippen molar-refractivity contribution in [3.05, 3.63) is 48.0 Å². The van der Waals surface area contributed by atoms with Crippen molar-refractivity contribution in [2.45, 2.75) is 19.9 Å². The van der Waals surface area contributed by atoms with Crippen LogP contribution >= 0.6 is 0 Å². The lowest BCUT2D eigenvalue weighted by atomic mass is 9.99. The Bertz CT molecular complexity index is 536. The monoisotopic (exact) mass is 287 g/mol. The topological polar surface area (TPSA) is 30.5 Å². The molecule has 3 nitrogen and oxygen atoms in total. The van der Waals surface area contributed by atoms with Crippen LogP contribution in [-0.2, 0) is 9.47 Å². The average molecular weight is 287 g/mol. The van der Waals surface area contributed by atoms with Gasteiger partial charge in [-0.15, -0.1) is 0 Å². The zero-order chi connectivity index (χ0) is 14.9. The molecular formula is C18H25NO2. The molecule has 0 amide bonds. The summed E-state index contributed by atoms with van der Waals surface area (Å²) in [6, 6.07) is 15.1. The van der Waals surface area contributed by atoms with E-state index in [4.69, 9.17) is 9.47 Å². The summed E-state index contributed by atoms with van der Waals surface area (Å²) in [5.41, 5.74) is 1.30. The summed E-state index contributed by atoms with van der Waals surface area (Å²) in [7, 11) is 0. The number of hydrogen-bond donors (Lipinski definition) is 1. The molecule has 3 heteroatoms. The van der Waals surface area contributed by atoms with Crippen LogP contribution in [-0.4, -0.2) is 33.0 Å². The maximum Gasteiger partial charge on any atom is 0.0701 e. The molecule has 0 radical (unpaired) electrons. The van der Waals surface area contributed by atoms with Gasteiger partial charge in [-0.25, -0.2) is 0 Å². The van der Waals surface area contributed by atoms with Gasteiger partial charge in [-0.05, 0) is 29.8 Å². The summed E-state index contributed by atoms with van der Waals surface area (Å²) >= 11 is 0. The average Bonchev–Trinajstić information content (AvgIpc) is 2.53. The van der Waals surface area contributed by atoms with Crippen molar-refractivity contribution < 1.29 is 9.47 Å². The molecule has 114 valence electrons. The van der Waals surface area contributed by atoms with Crippen LogP contribution in [0.1, 0.15) is 25.5 Å². The minimum Gasteiger partial charge on any atom is -0.379 e. The largest absolute Gasteiger partial charge is 0.379 e. The van der Waals surface area contributed by atoms with E-state index in [0.717, 1.165) is 13.2 Å². The normalized spacial score (nSPS) is 12.7. The first kappa shape index (κ1) is 16.0. The van der Waals surface area contributed by atoms with Gasteiger partial charge in [0.15, 0.2) is 0 Å². The van der Waals surface area contributed by atoms with Crippen LogP contribution in [0, 0.1) is 0 Å². The molecule has 0 bridgehead atoms. The minimum absolute atomic E-state index is 0.211. The zero-order valence-corrected chi connectivity index (χ0v) is 13.0. The lowest BCUT2D eigenvalue weighted by Crippen LogP contribution is -2.26. The summed E-state index contributed by atoms with van der Waals surface area (Å²) in [4.78, 5) is 0. The van der Waals surface area contributed by atoms with Gasteiger partial charge < -0.3 is 14.8 Å². The number of rotatable bonds is 9. The smallest absolute Gasteiger partial charge is 0.0701 e. The summed E-state index contributed by atoms with van der Waals surface area (Å²) in [6.07, 6.45) is 0. The Morgan fingerprint density at radius 3 is 2.52 bits per heavy atom. The van der Waals surface area contributed by atoms with Gasteiger partial charge in [0.2, 0.25) is 0 Å². The lowest BCUT2D eigenvalue weighted by Gasteiger charge is -2.20. The van der Waals surface area contributed by atoms with Crippen LogP contribution in [0.3, 0.4) is 0 Å². The molecule has 0 aliphatic carbocycles. The second-order valence-corrected chi connectivity index (χ2v) is 4.95. The number of ether oxygens (including phenoxy) is 2. The van der Waals surface area contributed by atoms with Crippen molar-refractivity contribution in [3.8, 4) is 0 Å². The van der Waals surface area contributed by atoms with Crippen LogP contribution in [0.2, 0.25) is 0 Å². The highest BCUT2D eigenvalue weighted by atomic mass is 16.5. The fourth-order valence-corrected chi connectivity index (χ4v) is 2.52. The zero-order valence-electron chi connectivity index (χ0n) is 13.0. The number of fused-ring (bicyclic) bond motifs is 1. The Labute approximate surface area is 127 Å². The molecule has 1 atom stereocenters. The third kappa shape index (κ3) is 4.53. The predicted octanol–water partition coefficient (Wildman–Crippen LogP) is 3.54. The van der Waals surface area contributed by atoms with Gasteiger partial charge in [0.05, 0.1) is 25.9 Å². The van der Waals surface area contributed by atoms with Crippen LogP contribution in [0.15, 0.2) is 42.5 Å². The molecule has 0 spiro atoms. The van der Waals surface area contributed by atoms with Crippen molar-refractivity contribution in [3.63, 3.8) is 0 Å². The van der Waals surface area contributed by atoms with Gasteiger partial charge in [0.1, 0.15) is 0 Å². The molecule has 2 aromatic carbocycles. The van der Waals surface area contributed by atoms with E-state index in [1.165, 1.54) is 16.3 Å². The standard InChI is InChI=1S/C18H25NO2/c1-3-19-18(14-21-13-12-20-4-2)17-11-7-9-15-8-5-6-10-16(15)17/h5-11,18-19H,3-4,12-14H2,1-2H3. The number of hydrogen-bond acceptors (Lipinski definition) is 3. The van der Waals surface area contributed by atoms with Gasteiger partial charge in [-0.1, -0.05) is 49.4 Å². The highest BCUT2D eigenvalue weighted by Crippen LogP contribution is 2.24. The Morgan fingerprint density at radius 2 is 1.71 bits per heavy atom. The molecule has 0 aliphatic rings. The van der Waals surface area contributed by atoms with Crippen molar-refractivity contribution in [2.24, 2.45) is 0 Å². The van der Waals surface area contributed by atoms with Crippen molar-refractivity contribution in [2.75, 3.05) is 33.0 Å². The molecule has 0 heterocycles. The molecule has 21 heavy (non-hydrogen) atoms. The minimum atomic E-state index is 0.211. The van der Waals surface area contributed by atoms with E-state index >= 15 is 0 Å². The second-order valence-electron chi connectivity index (χ2n) is 4.95. The van der Waals surface area contributed by atoms with Crippen LogP contribution in [0.4, 0.5) is 0 Å². The Balaban J connectivity index is 2.08. The summed E-state index contributed by atoms with van der Waals surface area (Å²) in [5.74, 6) is 0. The van der Waals surface area contributed by atoms with E-state index in [-0.39, 0.29) is 6.04 Å². The van der Waals surface area contributed by atoms with Crippen LogP contribution in [0.5, 0.6) is 0 Å². The second kappa shape index (κ2) is 8.78. The summed E-state index contributed by atoms with van der Waals surface area (Å²) in [5, 5.41) is 6.08. The van der Waals surface area contributed by atoms with Gasteiger partial charge in [-0.3, -0.25) is 0 Å². The van der Waals surface area contributed by atoms with Crippen LogP contribution < -0.4 is 5.32 Å². The molecule has 0 saturated heterocycles. The molecular weight excluding hydrogens is 262 g/mol. The predicted molar refractivity (Wildman–Crippen MR) is 87.7 cm³/mol. The van der Waals surface area contributed by atoms with E-state index < -0.39 is 0 Å². The van der Waals surface area contributed by atoms with E-state index in [2.05, 4.69) is 54.7 Å². The third-order valence-electron chi connectivity index (χ3n) is 3.51. The van der Waals surface area contributed by atoms with Gasteiger partial charge in [0.25, 0.3) is 0 Å². The van der Waals surface area contributed by atoms with E-state index in [9.17, 15) is 0 Å². The number of benzene rings is 2. The number of likely N-dealkylation sites (N-methyl/N-ethyl adjacent to an activating group) is 1. The Morgan fingerprint density at radius 1 is 0.952 bits per heavy atom. The molecule has 0 saturated carbocycles. The lowest BCUT2D eigenvalue weighted by molar-refractivity contribution is 0.0436. The first-order chi connectivity index (χ1) is 10.4. The third-order valence-corrected chi connectivity index (χ3v) is 3.51. The van der Waals surface area contributed by atoms with Crippen molar-refractivity contribution >= 4 is 10.8 Å². The molecule has 1 unspecified atom stereocenters. The van der Waals surface area contributed by atoms with E-state index in [1.54, 1.807) is 0 Å². The van der Waals surface area contributed by atoms with Crippen molar-refractivity contribution in [1.29, 1.82) is 0 Å². The highest BCUT2D eigenvalue weighted by Gasteiger charge is 2.13. The van der Waals surface area contributed by atoms with Crippen molar-refractivity contribution in [1.82, 2.24) is 5.32 Å². The Hall–Kier alpha value is -1.42. The molecule has 2 rings (SSSR count). The molecule has 1 N–H and O–H groups in total. The molecule has 0 aromatic heterocycles. The summed E-state index contributed by atoms with van der Waals surface area (Å²) < 4.78 is 11.1. The Kier molecular flexibility index (Phi) is 6.67. The first-order valence-electron chi connectivity index (χ1n) is 7.73. The van der Waals surface area contributed by atoms with Crippen LogP contribution in [0.25, 0.3) is 10.8 Å². The van der Waals surface area contributed by atoms with Gasteiger partial charge >= 0.3 is 0 Å². The fraction of sp³-hybridized carbons (Fsp3) is 0.444. The SMILES string of the molecule is CCNC(COCCOCC)c1cccc2ccccc12. The fourth-order valence-electron chi connectivity index (χ4n) is 2.52. The van der Waals surface area contributed by atoms with E-state index in [0.29, 0.717) is 19.8 Å². The quantitative estimate of drug-likeness (QED) is 0.716. The maximum absolute atomic E-state index is 5.77. The highest BCUT2D eigenvalue weighted by molar-refractivity contribution is 5.86. The van der Waals surface area contributed by atoms with E-state index in [1.807, 2.05) is 6.92 Å². The summed E-state index contributed by atoms with van der Waals surface area (Å²) in [6.45, 7) is 7.74. The molecule has 2 aromatic rings.